The first kappa shape index (κ1) is 9.67. The highest BCUT2D eigenvalue weighted by atomic mass is 14.7. The predicted molar refractivity (Wildman–Crippen MR) is 71.3 cm³/mol. The molecule has 0 heterocycles. The van der Waals surface area contributed by atoms with Crippen LogP contribution in [0.15, 0.2) is 30.3 Å². The fourth-order valence-corrected chi connectivity index (χ4v) is 3.82. The van der Waals surface area contributed by atoms with E-state index in [-0.39, 0.29) is 0 Å². The van der Waals surface area contributed by atoms with Crippen molar-refractivity contribution in [2.75, 3.05) is 0 Å². The predicted octanol–water partition coefficient (Wildman–Crippen LogP) is 3.14. The summed E-state index contributed by atoms with van der Waals surface area (Å²) in [7, 11) is 0. The molecule has 0 bridgehead atoms. The molecule has 2 aromatic carbocycles. The molecule has 0 amide bonds. The van der Waals surface area contributed by atoms with Crippen LogP contribution in [0.4, 0.5) is 0 Å². The molecule has 0 aliphatic heterocycles. The van der Waals surface area contributed by atoms with Gasteiger partial charge in [-0.3, -0.25) is 0 Å². The molecule has 0 aromatic heterocycles. The Morgan fingerprint density at radius 3 is 2.94 bits per heavy atom. The van der Waals surface area contributed by atoms with Gasteiger partial charge in [0.15, 0.2) is 0 Å². The summed E-state index contributed by atoms with van der Waals surface area (Å²) in [5, 5.41) is 2.93. The van der Waals surface area contributed by atoms with E-state index >= 15 is 0 Å². The summed E-state index contributed by atoms with van der Waals surface area (Å²) in [6.07, 6.45) is 4.88. The van der Waals surface area contributed by atoms with Crippen molar-refractivity contribution in [3.05, 3.63) is 47.0 Å². The fourth-order valence-electron chi connectivity index (χ4n) is 3.82. The van der Waals surface area contributed by atoms with E-state index in [4.69, 9.17) is 5.73 Å². The number of aryl methyl sites for hydroxylation is 1. The van der Waals surface area contributed by atoms with Crippen LogP contribution in [0.3, 0.4) is 0 Å². The van der Waals surface area contributed by atoms with Gasteiger partial charge in [-0.15, -0.1) is 0 Å². The normalized spacial score (nSPS) is 26.2. The first-order valence-electron chi connectivity index (χ1n) is 6.63. The number of benzene rings is 2. The van der Waals surface area contributed by atoms with Crippen LogP contribution in [0.25, 0.3) is 10.8 Å². The lowest BCUT2D eigenvalue weighted by molar-refractivity contribution is 0.455. The summed E-state index contributed by atoms with van der Waals surface area (Å²) in [6.45, 7) is 0. The van der Waals surface area contributed by atoms with Gasteiger partial charge in [-0.05, 0) is 53.1 Å². The van der Waals surface area contributed by atoms with E-state index < -0.39 is 0 Å². The first-order valence-corrected chi connectivity index (χ1v) is 6.63. The van der Waals surface area contributed by atoms with E-state index in [0.29, 0.717) is 12.0 Å². The van der Waals surface area contributed by atoms with Crippen molar-refractivity contribution in [2.45, 2.75) is 37.6 Å². The summed E-state index contributed by atoms with van der Waals surface area (Å²) >= 11 is 0. The van der Waals surface area contributed by atoms with Crippen molar-refractivity contribution in [3.8, 4) is 0 Å². The van der Waals surface area contributed by atoms with Crippen molar-refractivity contribution >= 4 is 10.8 Å². The molecule has 2 N–H and O–H groups in total. The molecule has 0 spiro atoms. The second-order valence-corrected chi connectivity index (χ2v) is 5.52. The van der Waals surface area contributed by atoms with E-state index in [2.05, 4.69) is 30.3 Å². The molecule has 86 valence electrons. The van der Waals surface area contributed by atoms with Crippen LogP contribution in [0.2, 0.25) is 0 Å². The topological polar surface area (TPSA) is 26.0 Å². The highest BCUT2D eigenvalue weighted by molar-refractivity contribution is 5.91. The minimum atomic E-state index is 0.328. The third-order valence-electron chi connectivity index (χ3n) is 4.57. The van der Waals surface area contributed by atoms with Gasteiger partial charge in [-0.1, -0.05) is 30.3 Å². The quantitative estimate of drug-likeness (QED) is 0.729. The van der Waals surface area contributed by atoms with Gasteiger partial charge in [0.2, 0.25) is 0 Å². The van der Waals surface area contributed by atoms with Crippen LogP contribution in [-0.4, -0.2) is 6.04 Å². The van der Waals surface area contributed by atoms with E-state index in [1.807, 2.05) is 0 Å². The maximum absolute atomic E-state index is 6.38. The van der Waals surface area contributed by atoms with Gasteiger partial charge in [0.25, 0.3) is 0 Å². The molecule has 0 radical (unpaired) electrons. The monoisotopic (exact) mass is 223 g/mol. The molecule has 4 rings (SSSR count). The van der Waals surface area contributed by atoms with Crippen LogP contribution in [0.1, 0.15) is 35.4 Å². The molecule has 1 nitrogen and oxygen atoms in total. The van der Waals surface area contributed by atoms with Crippen molar-refractivity contribution in [1.29, 1.82) is 0 Å². The van der Waals surface area contributed by atoms with Gasteiger partial charge in [0.1, 0.15) is 0 Å². The van der Waals surface area contributed by atoms with Crippen molar-refractivity contribution < 1.29 is 0 Å². The Morgan fingerprint density at radius 1 is 1.06 bits per heavy atom. The standard InChI is InChI=1S/C16H17N/c17-14-9-12-5-1-3-10-7-8-11-4-2-6-13(14)16(11)15(10)12/h1,3,5,7-8,13-14H,2,4,6,9,17H2. The zero-order valence-corrected chi connectivity index (χ0v) is 9.95. The number of nitrogens with two attached hydrogens (primary N) is 1. The summed E-state index contributed by atoms with van der Waals surface area (Å²) in [6, 6.07) is 11.6. The van der Waals surface area contributed by atoms with Crippen LogP contribution in [0.5, 0.6) is 0 Å². The second kappa shape index (κ2) is 3.33. The lowest BCUT2D eigenvalue weighted by Gasteiger charge is -2.36. The second-order valence-electron chi connectivity index (χ2n) is 5.52. The number of hydrogen-bond donors (Lipinski definition) is 1. The molecule has 17 heavy (non-hydrogen) atoms. The van der Waals surface area contributed by atoms with Gasteiger partial charge in [0.05, 0.1) is 0 Å². The molecule has 2 atom stereocenters. The number of hydrogen-bond acceptors (Lipinski definition) is 1. The summed E-state index contributed by atoms with van der Waals surface area (Å²) in [5.74, 6) is 0.609. The lowest BCUT2D eigenvalue weighted by atomic mass is 9.71. The van der Waals surface area contributed by atoms with Crippen LogP contribution < -0.4 is 5.73 Å². The van der Waals surface area contributed by atoms with Crippen molar-refractivity contribution in [2.24, 2.45) is 5.73 Å². The average molecular weight is 223 g/mol. The molecule has 2 aromatic rings. The lowest BCUT2D eigenvalue weighted by Crippen LogP contribution is -2.35. The highest BCUT2D eigenvalue weighted by Crippen LogP contribution is 2.43. The largest absolute Gasteiger partial charge is 0.327 e. The van der Waals surface area contributed by atoms with E-state index in [9.17, 15) is 0 Å². The molecule has 0 fully saturated rings. The molecule has 0 saturated carbocycles. The SMILES string of the molecule is NC1Cc2cccc3ccc4c(c23)C1CCC4. The third-order valence-corrected chi connectivity index (χ3v) is 4.57. The van der Waals surface area contributed by atoms with Gasteiger partial charge in [-0.2, -0.15) is 0 Å². The van der Waals surface area contributed by atoms with Crippen LogP contribution >= 0.6 is 0 Å². The maximum Gasteiger partial charge on any atom is 0.0149 e. The first-order chi connectivity index (χ1) is 8.34. The van der Waals surface area contributed by atoms with Crippen LogP contribution in [0, 0.1) is 0 Å². The Morgan fingerprint density at radius 2 is 2.00 bits per heavy atom. The third kappa shape index (κ3) is 1.23. The Bertz CT molecular complexity index is 600. The zero-order valence-electron chi connectivity index (χ0n) is 9.95. The van der Waals surface area contributed by atoms with E-state index in [0.717, 1.165) is 6.42 Å². The Kier molecular flexibility index (Phi) is 1.89. The average Bonchev–Trinajstić information content (AvgIpc) is 2.37. The Labute approximate surface area is 102 Å². The zero-order chi connectivity index (χ0) is 11.4. The minimum absolute atomic E-state index is 0.328. The van der Waals surface area contributed by atoms with Gasteiger partial charge in [-0.25, -0.2) is 0 Å². The summed E-state index contributed by atoms with van der Waals surface area (Å²) < 4.78 is 0. The van der Waals surface area contributed by atoms with Crippen molar-refractivity contribution in [3.63, 3.8) is 0 Å². The minimum Gasteiger partial charge on any atom is -0.327 e. The smallest absolute Gasteiger partial charge is 0.0149 e. The molecular weight excluding hydrogens is 206 g/mol. The van der Waals surface area contributed by atoms with Gasteiger partial charge < -0.3 is 5.73 Å². The molecular formula is C16H17N. The van der Waals surface area contributed by atoms with E-state index in [1.54, 1.807) is 11.1 Å². The molecule has 2 unspecified atom stereocenters. The summed E-state index contributed by atoms with van der Waals surface area (Å²) in [4.78, 5) is 0. The van der Waals surface area contributed by atoms with Crippen molar-refractivity contribution in [1.82, 2.24) is 0 Å². The molecule has 1 heteroatoms. The molecule has 2 aliphatic carbocycles. The molecule has 0 saturated heterocycles. The summed E-state index contributed by atoms with van der Waals surface area (Å²) in [5.41, 5.74) is 11.0. The fraction of sp³-hybridized carbons (Fsp3) is 0.375. The van der Waals surface area contributed by atoms with Gasteiger partial charge >= 0.3 is 0 Å². The Hall–Kier alpha value is -1.34. The highest BCUT2D eigenvalue weighted by Gasteiger charge is 2.31. The molecule has 2 aliphatic rings. The van der Waals surface area contributed by atoms with Gasteiger partial charge in [0, 0.05) is 12.0 Å². The maximum atomic E-state index is 6.38. The number of rotatable bonds is 0. The van der Waals surface area contributed by atoms with E-state index in [1.165, 1.54) is 35.6 Å². The van der Waals surface area contributed by atoms with Crippen LogP contribution in [-0.2, 0) is 12.8 Å². The Balaban J connectivity index is 2.15.